The Bertz CT molecular complexity index is 661. The lowest BCUT2D eigenvalue weighted by atomic mass is 9.96. The van der Waals surface area contributed by atoms with E-state index >= 15 is 0 Å². The highest BCUT2D eigenvalue weighted by Crippen LogP contribution is 2.17. The number of benzene rings is 1. The first kappa shape index (κ1) is 20.6. The highest BCUT2D eigenvalue weighted by atomic mass is 16.5. The van der Waals surface area contributed by atoms with Gasteiger partial charge < -0.3 is 15.4 Å². The minimum atomic E-state index is -0.448. The van der Waals surface area contributed by atoms with Gasteiger partial charge >= 0.3 is 0 Å². The van der Waals surface area contributed by atoms with Gasteiger partial charge in [0.2, 0.25) is 5.91 Å². The lowest BCUT2D eigenvalue weighted by Crippen LogP contribution is -2.28. The number of pyridine rings is 1. The lowest BCUT2D eigenvalue weighted by molar-refractivity contribution is -0.123. The predicted octanol–water partition coefficient (Wildman–Crippen LogP) is 3.79. The maximum absolute atomic E-state index is 12.0. The van der Waals surface area contributed by atoms with E-state index in [0.29, 0.717) is 12.4 Å². The normalized spacial score (nSPS) is 10.5. The molecule has 0 unspecified atom stereocenters. The maximum Gasteiger partial charge on any atom is 0.230 e. The first-order valence-corrected chi connectivity index (χ1v) is 8.31. The molecule has 136 valence electrons. The molecule has 1 aromatic carbocycles. The van der Waals surface area contributed by atoms with Crippen molar-refractivity contribution in [2.24, 2.45) is 5.41 Å². The molecule has 2 N–H and O–H groups in total. The zero-order valence-corrected chi connectivity index (χ0v) is 16.0. The van der Waals surface area contributed by atoms with Crippen LogP contribution < -0.4 is 15.4 Å². The van der Waals surface area contributed by atoms with Crippen LogP contribution in [0, 0.1) is 12.3 Å². The van der Waals surface area contributed by atoms with Crippen LogP contribution in [0.2, 0.25) is 0 Å². The number of hydrogen-bond acceptors (Lipinski definition) is 4. The highest BCUT2D eigenvalue weighted by Gasteiger charge is 2.21. The molecule has 25 heavy (non-hydrogen) atoms. The first-order chi connectivity index (χ1) is 11.8. The fraction of sp³-hybridized carbons (Fsp3) is 0.400. The SMILES string of the molecule is CNC.Cc1ccc(OCc2cccc(NC(=O)C(C)(C)C)n2)cc1. The van der Waals surface area contributed by atoms with E-state index in [4.69, 9.17) is 4.74 Å². The lowest BCUT2D eigenvalue weighted by Gasteiger charge is -2.17. The van der Waals surface area contributed by atoms with Crippen molar-refractivity contribution >= 4 is 11.7 Å². The van der Waals surface area contributed by atoms with Crippen LogP contribution in [0.1, 0.15) is 32.0 Å². The molecule has 0 saturated carbocycles. The molecule has 2 aromatic rings. The van der Waals surface area contributed by atoms with Gasteiger partial charge in [0.25, 0.3) is 0 Å². The van der Waals surface area contributed by atoms with Crippen LogP contribution in [-0.2, 0) is 11.4 Å². The highest BCUT2D eigenvalue weighted by molar-refractivity contribution is 5.93. The van der Waals surface area contributed by atoms with Gasteiger partial charge in [-0.2, -0.15) is 0 Å². The zero-order chi connectivity index (χ0) is 18.9. The minimum Gasteiger partial charge on any atom is -0.487 e. The maximum atomic E-state index is 12.0. The number of rotatable bonds is 4. The van der Waals surface area contributed by atoms with E-state index in [0.717, 1.165) is 11.4 Å². The molecule has 0 aliphatic heterocycles. The van der Waals surface area contributed by atoms with Crippen molar-refractivity contribution in [3.8, 4) is 5.75 Å². The second kappa shape index (κ2) is 9.79. The third kappa shape index (κ3) is 7.81. The Hall–Kier alpha value is -2.40. The fourth-order valence-corrected chi connectivity index (χ4v) is 1.73. The van der Waals surface area contributed by atoms with Crippen molar-refractivity contribution < 1.29 is 9.53 Å². The van der Waals surface area contributed by atoms with Crippen molar-refractivity contribution in [3.05, 3.63) is 53.7 Å². The first-order valence-electron chi connectivity index (χ1n) is 8.31. The van der Waals surface area contributed by atoms with E-state index in [1.165, 1.54) is 5.56 Å². The summed E-state index contributed by atoms with van der Waals surface area (Å²) in [5, 5.41) is 5.57. The van der Waals surface area contributed by atoms with E-state index in [1.807, 2.05) is 78.2 Å². The Morgan fingerprint density at radius 3 is 2.24 bits per heavy atom. The Morgan fingerprint density at radius 2 is 1.68 bits per heavy atom. The van der Waals surface area contributed by atoms with Crippen LogP contribution in [0.4, 0.5) is 5.82 Å². The van der Waals surface area contributed by atoms with Crippen LogP contribution in [0.5, 0.6) is 5.75 Å². The molecule has 1 aromatic heterocycles. The summed E-state index contributed by atoms with van der Waals surface area (Å²) in [4.78, 5) is 16.4. The number of anilines is 1. The van der Waals surface area contributed by atoms with E-state index < -0.39 is 5.41 Å². The number of carbonyl (C=O) groups is 1. The van der Waals surface area contributed by atoms with E-state index in [1.54, 1.807) is 6.07 Å². The number of aryl methyl sites for hydroxylation is 1. The van der Waals surface area contributed by atoms with Crippen LogP contribution in [-0.4, -0.2) is 25.0 Å². The van der Waals surface area contributed by atoms with Gasteiger partial charge in [0.15, 0.2) is 0 Å². The molecule has 0 fully saturated rings. The van der Waals surface area contributed by atoms with Gasteiger partial charge in [-0.3, -0.25) is 4.79 Å². The van der Waals surface area contributed by atoms with Gasteiger partial charge in [-0.05, 0) is 45.3 Å². The Labute approximate surface area is 150 Å². The molecule has 0 saturated heterocycles. The molecule has 5 nitrogen and oxygen atoms in total. The number of aromatic nitrogens is 1. The molecule has 0 bridgehead atoms. The fourth-order valence-electron chi connectivity index (χ4n) is 1.73. The summed E-state index contributed by atoms with van der Waals surface area (Å²) in [5.74, 6) is 1.29. The molecule has 0 atom stereocenters. The second-order valence-electron chi connectivity index (χ2n) is 6.82. The third-order valence-electron chi connectivity index (χ3n) is 3.14. The summed E-state index contributed by atoms with van der Waals surface area (Å²) in [6.07, 6.45) is 0. The zero-order valence-electron chi connectivity index (χ0n) is 16.0. The third-order valence-corrected chi connectivity index (χ3v) is 3.14. The molecule has 0 aliphatic rings. The van der Waals surface area contributed by atoms with Gasteiger partial charge in [-0.25, -0.2) is 4.98 Å². The average Bonchev–Trinajstić information content (AvgIpc) is 2.54. The Balaban J connectivity index is 0.000000970. The summed E-state index contributed by atoms with van der Waals surface area (Å²) < 4.78 is 5.70. The second-order valence-corrected chi connectivity index (χ2v) is 6.82. The van der Waals surface area contributed by atoms with E-state index in [-0.39, 0.29) is 5.91 Å². The topological polar surface area (TPSA) is 63.2 Å². The quantitative estimate of drug-likeness (QED) is 0.886. The molecule has 0 aliphatic carbocycles. The summed E-state index contributed by atoms with van der Waals surface area (Å²) in [5.41, 5.74) is 1.51. The summed E-state index contributed by atoms with van der Waals surface area (Å²) in [7, 11) is 3.75. The van der Waals surface area contributed by atoms with Crippen molar-refractivity contribution in [1.29, 1.82) is 0 Å². The van der Waals surface area contributed by atoms with Crippen LogP contribution >= 0.6 is 0 Å². The smallest absolute Gasteiger partial charge is 0.230 e. The molecule has 1 heterocycles. The van der Waals surface area contributed by atoms with Gasteiger partial charge in [0, 0.05) is 5.41 Å². The van der Waals surface area contributed by atoms with Gasteiger partial charge in [-0.1, -0.05) is 44.5 Å². The Morgan fingerprint density at radius 1 is 1.08 bits per heavy atom. The summed E-state index contributed by atoms with van der Waals surface area (Å²) in [6.45, 7) is 8.00. The molecule has 5 heteroatoms. The van der Waals surface area contributed by atoms with Crippen LogP contribution in [0.15, 0.2) is 42.5 Å². The van der Waals surface area contributed by atoms with Gasteiger partial charge in [-0.15, -0.1) is 0 Å². The average molecular weight is 343 g/mol. The molecule has 2 rings (SSSR count). The monoisotopic (exact) mass is 343 g/mol. The Kier molecular flexibility index (Phi) is 8.08. The van der Waals surface area contributed by atoms with Crippen LogP contribution in [0.25, 0.3) is 0 Å². The van der Waals surface area contributed by atoms with Crippen molar-refractivity contribution in [2.75, 3.05) is 19.4 Å². The van der Waals surface area contributed by atoms with Crippen molar-refractivity contribution in [3.63, 3.8) is 0 Å². The molecule has 1 amide bonds. The molecular formula is C20H29N3O2. The van der Waals surface area contributed by atoms with Crippen LogP contribution in [0.3, 0.4) is 0 Å². The standard InChI is InChI=1S/C18H22N2O2.C2H7N/c1-13-8-10-15(11-9-13)22-12-14-6-5-7-16(19-14)20-17(21)18(2,3)4;1-3-2/h5-11H,12H2,1-4H3,(H,19,20,21);3H,1-2H3. The summed E-state index contributed by atoms with van der Waals surface area (Å²) >= 11 is 0. The van der Waals surface area contributed by atoms with Crippen molar-refractivity contribution in [1.82, 2.24) is 10.3 Å². The predicted molar refractivity (Wildman–Crippen MR) is 103 cm³/mol. The largest absolute Gasteiger partial charge is 0.487 e. The van der Waals surface area contributed by atoms with E-state index in [9.17, 15) is 4.79 Å². The number of nitrogens with one attached hydrogen (secondary N) is 2. The number of nitrogens with zero attached hydrogens (tertiary/aromatic N) is 1. The van der Waals surface area contributed by atoms with Gasteiger partial charge in [0.1, 0.15) is 18.2 Å². The number of ether oxygens (including phenoxy) is 1. The minimum absolute atomic E-state index is 0.0587. The number of hydrogen-bond donors (Lipinski definition) is 2. The number of amides is 1. The molecule has 0 spiro atoms. The molecular weight excluding hydrogens is 314 g/mol. The van der Waals surface area contributed by atoms with E-state index in [2.05, 4.69) is 15.6 Å². The summed E-state index contributed by atoms with van der Waals surface area (Å²) in [6, 6.07) is 13.4. The number of carbonyl (C=O) groups excluding carboxylic acids is 1. The van der Waals surface area contributed by atoms with Gasteiger partial charge in [0.05, 0.1) is 5.69 Å². The van der Waals surface area contributed by atoms with Crippen molar-refractivity contribution in [2.45, 2.75) is 34.3 Å². The molecule has 0 radical (unpaired) electrons.